The van der Waals surface area contributed by atoms with Crippen molar-refractivity contribution in [3.8, 4) is 12.3 Å². The second kappa shape index (κ2) is 7.30. The molecule has 0 radical (unpaired) electrons. The van der Waals surface area contributed by atoms with Crippen LogP contribution in [0.2, 0.25) is 0 Å². The molecule has 1 fully saturated rings. The van der Waals surface area contributed by atoms with Crippen molar-refractivity contribution in [1.82, 2.24) is 10.2 Å². The van der Waals surface area contributed by atoms with Crippen molar-refractivity contribution in [2.45, 2.75) is 45.1 Å². The van der Waals surface area contributed by atoms with Crippen LogP contribution in [0.1, 0.15) is 39.5 Å². The molecule has 2 N–H and O–H groups in total. The van der Waals surface area contributed by atoms with E-state index in [4.69, 9.17) is 11.5 Å². The molecule has 0 aliphatic carbocycles. The lowest BCUT2D eigenvalue weighted by Crippen LogP contribution is -2.51. The molecule has 0 spiro atoms. The van der Waals surface area contributed by atoms with Crippen LogP contribution in [0, 0.1) is 18.3 Å². The number of piperidine rings is 1. The second-order valence-electron chi connectivity index (χ2n) is 5.37. The Morgan fingerprint density at radius 1 is 1.35 bits per heavy atom. The minimum atomic E-state index is -0.739. The fourth-order valence-corrected chi connectivity index (χ4v) is 2.51. The molecule has 1 amide bonds. The van der Waals surface area contributed by atoms with E-state index in [0.29, 0.717) is 38.8 Å². The van der Waals surface area contributed by atoms with Gasteiger partial charge in [0.25, 0.3) is 0 Å². The Hall–Kier alpha value is -1.54. The van der Waals surface area contributed by atoms with Crippen molar-refractivity contribution in [3.05, 3.63) is 0 Å². The first-order chi connectivity index (χ1) is 9.46. The number of hydrogen-bond donors (Lipinski definition) is 2. The topological polar surface area (TPSA) is 69.6 Å². The van der Waals surface area contributed by atoms with Gasteiger partial charge in [-0.2, -0.15) is 0 Å². The van der Waals surface area contributed by atoms with E-state index in [0.717, 1.165) is 0 Å². The number of rotatable bonds is 6. The highest BCUT2D eigenvalue weighted by atomic mass is 16.4. The first kappa shape index (κ1) is 16.5. The van der Waals surface area contributed by atoms with Gasteiger partial charge in [-0.1, -0.05) is 19.8 Å². The normalized spacial score (nSPS) is 17.4. The van der Waals surface area contributed by atoms with Crippen LogP contribution in [0.15, 0.2) is 0 Å². The van der Waals surface area contributed by atoms with Gasteiger partial charge in [0.15, 0.2) is 0 Å². The van der Waals surface area contributed by atoms with E-state index in [1.54, 1.807) is 0 Å². The number of carbonyl (C=O) groups is 2. The van der Waals surface area contributed by atoms with Gasteiger partial charge in [0, 0.05) is 0 Å². The number of terminal acetylenes is 1. The molecule has 20 heavy (non-hydrogen) atoms. The lowest BCUT2D eigenvalue weighted by molar-refractivity contribution is -0.143. The van der Waals surface area contributed by atoms with Crippen LogP contribution < -0.4 is 5.32 Å². The molecule has 1 rings (SSSR count). The van der Waals surface area contributed by atoms with Gasteiger partial charge in [0.2, 0.25) is 5.91 Å². The number of likely N-dealkylation sites (tertiary alicyclic amines) is 1. The summed E-state index contributed by atoms with van der Waals surface area (Å²) in [6.45, 7) is 5.50. The summed E-state index contributed by atoms with van der Waals surface area (Å²) in [6.07, 6.45) is 8.12. The Morgan fingerprint density at radius 3 is 2.30 bits per heavy atom. The zero-order valence-electron chi connectivity index (χ0n) is 12.3. The quantitative estimate of drug-likeness (QED) is 0.715. The summed E-state index contributed by atoms with van der Waals surface area (Å²) in [5.74, 6) is 1.58. The molecule has 1 saturated heterocycles. The predicted octanol–water partition coefficient (Wildman–Crippen LogP) is 1.09. The summed E-state index contributed by atoms with van der Waals surface area (Å²) < 4.78 is 0. The summed E-state index contributed by atoms with van der Waals surface area (Å²) in [7, 11) is 0. The lowest BCUT2D eigenvalue weighted by atomic mass is 9.93. The Kier molecular flexibility index (Phi) is 6.03. The maximum Gasteiger partial charge on any atom is 0.306 e. The van der Waals surface area contributed by atoms with E-state index in [9.17, 15) is 9.59 Å². The Bertz CT molecular complexity index is 388. The average molecular weight is 280 g/mol. The third kappa shape index (κ3) is 4.24. The second-order valence-corrected chi connectivity index (χ2v) is 5.37. The van der Waals surface area contributed by atoms with E-state index in [-0.39, 0.29) is 18.4 Å². The van der Waals surface area contributed by atoms with Crippen molar-refractivity contribution in [2.75, 3.05) is 19.6 Å². The summed E-state index contributed by atoms with van der Waals surface area (Å²) in [5, 5.41) is 11.9. The standard InChI is InChI=1S/C15H24N2O3/c1-4-15(5-2,6-3)16-13(18)11-17-9-7-12(8-10-17)14(19)20/h1,12H,5-11H2,2-3H3,(H,16,18)(H,19,20). The van der Waals surface area contributed by atoms with Crippen LogP contribution in [-0.4, -0.2) is 47.1 Å². The van der Waals surface area contributed by atoms with Crippen molar-refractivity contribution in [1.29, 1.82) is 0 Å². The molecule has 0 aromatic carbocycles. The number of carboxylic acid groups (broad SMARTS) is 1. The molecule has 5 nitrogen and oxygen atoms in total. The molecule has 1 aliphatic rings. The Balaban J connectivity index is 2.45. The number of hydrogen-bond acceptors (Lipinski definition) is 3. The number of carbonyl (C=O) groups excluding carboxylic acids is 1. The van der Waals surface area contributed by atoms with E-state index in [2.05, 4.69) is 11.2 Å². The highest BCUT2D eigenvalue weighted by Crippen LogP contribution is 2.17. The molecule has 1 aliphatic heterocycles. The number of nitrogens with zero attached hydrogens (tertiary/aromatic N) is 1. The highest BCUT2D eigenvalue weighted by molar-refractivity contribution is 5.79. The molecular weight excluding hydrogens is 256 g/mol. The van der Waals surface area contributed by atoms with Gasteiger partial charge in [-0.15, -0.1) is 6.42 Å². The minimum absolute atomic E-state index is 0.0829. The molecule has 0 unspecified atom stereocenters. The van der Waals surface area contributed by atoms with E-state index < -0.39 is 11.5 Å². The van der Waals surface area contributed by atoms with Crippen LogP contribution in [0.5, 0.6) is 0 Å². The average Bonchev–Trinajstić information content (AvgIpc) is 2.45. The molecule has 5 heteroatoms. The monoisotopic (exact) mass is 280 g/mol. The number of carboxylic acids is 1. The highest BCUT2D eigenvalue weighted by Gasteiger charge is 2.28. The lowest BCUT2D eigenvalue weighted by Gasteiger charge is -2.32. The fourth-order valence-electron chi connectivity index (χ4n) is 2.51. The van der Waals surface area contributed by atoms with Crippen molar-refractivity contribution < 1.29 is 14.7 Å². The zero-order chi connectivity index (χ0) is 15.2. The van der Waals surface area contributed by atoms with Crippen LogP contribution >= 0.6 is 0 Å². The maximum atomic E-state index is 12.1. The number of amides is 1. The van der Waals surface area contributed by atoms with Gasteiger partial charge in [0.1, 0.15) is 5.54 Å². The Morgan fingerprint density at radius 2 is 1.90 bits per heavy atom. The number of aliphatic carboxylic acids is 1. The maximum absolute atomic E-state index is 12.1. The molecule has 0 aromatic rings. The van der Waals surface area contributed by atoms with E-state index >= 15 is 0 Å². The minimum Gasteiger partial charge on any atom is -0.481 e. The van der Waals surface area contributed by atoms with Crippen LogP contribution in [0.25, 0.3) is 0 Å². The third-order valence-electron chi connectivity index (χ3n) is 4.17. The van der Waals surface area contributed by atoms with Crippen LogP contribution in [0.4, 0.5) is 0 Å². The van der Waals surface area contributed by atoms with Gasteiger partial charge < -0.3 is 10.4 Å². The summed E-state index contributed by atoms with van der Waals surface area (Å²) in [6, 6.07) is 0. The Labute approximate surface area is 120 Å². The smallest absolute Gasteiger partial charge is 0.306 e. The third-order valence-corrected chi connectivity index (χ3v) is 4.17. The zero-order valence-corrected chi connectivity index (χ0v) is 12.3. The van der Waals surface area contributed by atoms with E-state index in [1.807, 2.05) is 18.7 Å². The molecule has 1 heterocycles. The van der Waals surface area contributed by atoms with Crippen molar-refractivity contribution in [2.24, 2.45) is 5.92 Å². The van der Waals surface area contributed by atoms with Gasteiger partial charge >= 0.3 is 5.97 Å². The molecular formula is C15H24N2O3. The number of nitrogens with one attached hydrogen (secondary N) is 1. The van der Waals surface area contributed by atoms with Crippen LogP contribution in [0.3, 0.4) is 0 Å². The molecule has 0 saturated carbocycles. The van der Waals surface area contributed by atoms with Gasteiger partial charge in [-0.05, 0) is 38.8 Å². The summed E-state index contributed by atoms with van der Waals surface area (Å²) >= 11 is 0. The first-order valence-electron chi connectivity index (χ1n) is 7.20. The largest absolute Gasteiger partial charge is 0.481 e. The summed E-state index contributed by atoms with van der Waals surface area (Å²) in [4.78, 5) is 24.9. The van der Waals surface area contributed by atoms with E-state index in [1.165, 1.54) is 0 Å². The van der Waals surface area contributed by atoms with Crippen molar-refractivity contribution in [3.63, 3.8) is 0 Å². The van der Waals surface area contributed by atoms with Crippen LogP contribution in [-0.2, 0) is 9.59 Å². The first-order valence-corrected chi connectivity index (χ1v) is 7.20. The molecule has 0 bridgehead atoms. The molecule has 0 aromatic heterocycles. The SMILES string of the molecule is C#CC(CC)(CC)NC(=O)CN1CCC(C(=O)O)CC1. The van der Waals surface area contributed by atoms with Crippen molar-refractivity contribution >= 4 is 11.9 Å². The summed E-state index contributed by atoms with van der Waals surface area (Å²) in [5.41, 5.74) is -0.559. The fraction of sp³-hybridized carbons (Fsp3) is 0.733. The van der Waals surface area contributed by atoms with Gasteiger partial charge in [-0.25, -0.2) is 0 Å². The molecule has 112 valence electrons. The van der Waals surface area contributed by atoms with Gasteiger partial charge in [-0.3, -0.25) is 14.5 Å². The predicted molar refractivity (Wildman–Crippen MR) is 77.1 cm³/mol. The van der Waals surface area contributed by atoms with Gasteiger partial charge in [0.05, 0.1) is 12.5 Å². The molecule has 0 atom stereocenters.